The summed E-state index contributed by atoms with van der Waals surface area (Å²) in [5, 5.41) is 3.71. The summed E-state index contributed by atoms with van der Waals surface area (Å²) in [6, 6.07) is 11.5. The maximum absolute atomic E-state index is 13.7. The van der Waals surface area contributed by atoms with Crippen molar-refractivity contribution in [3.05, 3.63) is 84.6 Å². The largest absolute Gasteiger partial charge is 0.469 e. The third-order valence-electron chi connectivity index (χ3n) is 6.21. The van der Waals surface area contributed by atoms with E-state index < -0.39 is 22.8 Å². The van der Waals surface area contributed by atoms with Gasteiger partial charge in [-0.2, -0.15) is 4.98 Å². The van der Waals surface area contributed by atoms with Gasteiger partial charge in [0.25, 0.3) is 0 Å². The molecule has 0 fully saturated rings. The fraction of sp³-hybridized carbons (Fsp3) is 0.429. The van der Waals surface area contributed by atoms with E-state index in [9.17, 15) is 14.4 Å². The van der Waals surface area contributed by atoms with E-state index in [0.717, 1.165) is 33.2 Å². The predicted molar refractivity (Wildman–Crippen MR) is 147 cm³/mol. The number of esters is 1. The van der Waals surface area contributed by atoms with Crippen molar-refractivity contribution in [1.29, 1.82) is 0 Å². The van der Waals surface area contributed by atoms with Crippen LogP contribution >= 0.6 is 11.6 Å². The molecule has 9 heteroatoms. The van der Waals surface area contributed by atoms with Crippen LogP contribution in [-0.2, 0) is 29.0 Å². The normalized spacial score (nSPS) is 11.6. The molecule has 2 aromatic carbocycles. The van der Waals surface area contributed by atoms with Crippen molar-refractivity contribution in [3.63, 3.8) is 0 Å². The third-order valence-corrected chi connectivity index (χ3v) is 6.56. The molecule has 0 atom stereocenters. The van der Waals surface area contributed by atoms with Crippen LogP contribution in [0.4, 0.5) is 11.6 Å². The molecular formula is C28H35ClN4O4. The Morgan fingerprint density at radius 1 is 1.08 bits per heavy atom. The highest BCUT2D eigenvalue weighted by atomic mass is 35.5. The molecular weight excluding hydrogens is 492 g/mol. The van der Waals surface area contributed by atoms with Crippen LogP contribution in [0, 0.1) is 25.2 Å². The molecule has 1 aromatic heterocycles. The maximum atomic E-state index is 13.7. The molecule has 37 heavy (non-hydrogen) atoms. The van der Waals surface area contributed by atoms with Crippen molar-refractivity contribution in [3.8, 4) is 0 Å². The van der Waals surface area contributed by atoms with Gasteiger partial charge < -0.3 is 10.1 Å². The Balaban J connectivity index is 2.11. The van der Waals surface area contributed by atoms with Gasteiger partial charge >= 0.3 is 17.3 Å². The molecule has 1 heterocycles. The fourth-order valence-electron chi connectivity index (χ4n) is 4.19. The quantitative estimate of drug-likeness (QED) is 0.400. The minimum Gasteiger partial charge on any atom is -0.469 e. The number of methoxy groups -OCH3 is 1. The number of carbonyl (C=O) groups is 1. The number of benzene rings is 2. The second-order valence-electron chi connectivity index (χ2n) is 10.5. The highest BCUT2D eigenvalue weighted by Crippen LogP contribution is 2.25. The summed E-state index contributed by atoms with van der Waals surface area (Å²) in [5.74, 6) is 0.00979. The first-order valence-electron chi connectivity index (χ1n) is 12.2. The van der Waals surface area contributed by atoms with Crippen molar-refractivity contribution in [2.24, 2.45) is 11.3 Å². The van der Waals surface area contributed by atoms with Crippen LogP contribution in [-0.4, -0.2) is 27.2 Å². The zero-order chi connectivity index (χ0) is 27.5. The Kier molecular flexibility index (Phi) is 8.64. The smallest absolute Gasteiger partial charge is 0.354 e. The molecule has 0 aliphatic carbocycles. The molecule has 198 valence electrons. The monoisotopic (exact) mass is 526 g/mol. The number of ether oxygens (including phenoxy) is 1. The van der Waals surface area contributed by atoms with Crippen LogP contribution < -0.4 is 16.7 Å². The van der Waals surface area contributed by atoms with Gasteiger partial charge in [0.05, 0.1) is 19.1 Å². The lowest BCUT2D eigenvalue weighted by Gasteiger charge is -2.23. The highest BCUT2D eigenvalue weighted by molar-refractivity contribution is 6.31. The molecule has 0 saturated heterocycles. The van der Waals surface area contributed by atoms with Gasteiger partial charge in [0.2, 0.25) is 5.95 Å². The lowest BCUT2D eigenvalue weighted by molar-refractivity contribution is -0.151. The van der Waals surface area contributed by atoms with Gasteiger partial charge in [-0.05, 0) is 68.9 Å². The van der Waals surface area contributed by atoms with Gasteiger partial charge in [0.1, 0.15) is 0 Å². The lowest BCUT2D eigenvalue weighted by Crippen LogP contribution is -2.47. The number of halogens is 1. The van der Waals surface area contributed by atoms with E-state index in [1.54, 1.807) is 19.9 Å². The van der Waals surface area contributed by atoms with Gasteiger partial charge in [-0.25, -0.2) is 14.2 Å². The fourth-order valence-corrected chi connectivity index (χ4v) is 4.45. The van der Waals surface area contributed by atoms with Crippen molar-refractivity contribution in [2.75, 3.05) is 12.4 Å². The molecule has 0 unspecified atom stereocenters. The molecule has 3 rings (SSSR count). The van der Waals surface area contributed by atoms with Crippen molar-refractivity contribution in [1.82, 2.24) is 14.1 Å². The number of aromatic nitrogens is 3. The molecule has 0 spiro atoms. The summed E-state index contributed by atoms with van der Waals surface area (Å²) in [4.78, 5) is 43.2. The first kappa shape index (κ1) is 28.2. The average Bonchev–Trinajstić information content (AvgIpc) is 2.81. The summed E-state index contributed by atoms with van der Waals surface area (Å²) in [6.45, 7) is 11.4. The van der Waals surface area contributed by atoms with Gasteiger partial charge in [0, 0.05) is 17.3 Å². The van der Waals surface area contributed by atoms with Gasteiger partial charge in [-0.15, -0.1) is 0 Å². The highest BCUT2D eigenvalue weighted by Gasteiger charge is 2.31. The van der Waals surface area contributed by atoms with E-state index in [1.165, 1.54) is 11.7 Å². The third kappa shape index (κ3) is 6.68. The van der Waals surface area contributed by atoms with Gasteiger partial charge in [0.15, 0.2) is 0 Å². The average molecular weight is 527 g/mol. The molecule has 0 aliphatic rings. The summed E-state index contributed by atoms with van der Waals surface area (Å²) < 4.78 is 7.24. The number of aryl methyl sites for hydroxylation is 2. The Labute approximate surface area is 222 Å². The van der Waals surface area contributed by atoms with Crippen LogP contribution in [0.5, 0.6) is 0 Å². The van der Waals surface area contributed by atoms with Crippen LogP contribution in [0.15, 0.2) is 46.0 Å². The van der Waals surface area contributed by atoms with E-state index in [0.29, 0.717) is 16.6 Å². The first-order valence-corrected chi connectivity index (χ1v) is 12.6. The second kappa shape index (κ2) is 11.3. The number of hydrogen-bond donors (Lipinski definition) is 1. The summed E-state index contributed by atoms with van der Waals surface area (Å²) in [7, 11) is 1.27. The Morgan fingerprint density at radius 2 is 1.76 bits per heavy atom. The number of carbonyl (C=O) groups excluding carboxylic acids is 1. The first-order chi connectivity index (χ1) is 17.3. The molecule has 0 saturated carbocycles. The Morgan fingerprint density at radius 3 is 2.35 bits per heavy atom. The van der Waals surface area contributed by atoms with Crippen molar-refractivity contribution >= 4 is 29.2 Å². The molecule has 0 aliphatic heterocycles. The number of anilines is 2. The summed E-state index contributed by atoms with van der Waals surface area (Å²) in [6.07, 6.45) is 0.834. The van der Waals surface area contributed by atoms with Crippen molar-refractivity contribution < 1.29 is 9.53 Å². The SMILES string of the molecule is COC(=O)C(C)(C)Cn1c(=O)nc(Nc2ccc(CC(C)C)c(Cl)c2)n(Cc2ccc(C)cc2C)c1=O. The maximum Gasteiger partial charge on any atom is 0.354 e. The van der Waals surface area contributed by atoms with Crippen LogP contribution in [0.25, 0.3) is 0 Å². The zero-order valence-corrected chi connectivity index (χ0v) is 23.3. The minimum atomic E-state index is -1.11. The topological polar surface area (TPSA) is 95.2 Å². The van der Waals surface area contributed by atoms with Crippen molar-refractivity contribution in [2.45, 2.75) is 61.1 Å². The van der Waals surface area contributed by atoms with Crippen LogP contribution in [0.3, 0.4) is 0 Å². The standard InChI is InChI=1S/C28H35ClN4O4/c1-17(2)12-20-10-11-22(14-23(20)29)30-25-31-26(35)33(16-28(5,6)24(34)37-7)27(36)32(25)15-21-9-8-18(3)13-19(21)4/h8-11,13-14,17H,12,15-16H2,1-7H3,(H,30,31,35). The van der Waals surface area contributed by atoms with Crippen LogP contribution in [0.2, 0.25) is 5.02 Å². The molecule has 1 N–H and O–H groups in total. The molecule has 0 bridgehead atoms. The van der Waals surface area contributed by atoms with E-state index in [2.05, 4.69) is 24.1 Å². The molecule has 0 amide bonds. The Hall–Kier alpha value is -3.39. The molecule has 3 aromatic rings. The van der Waals surface area contributed by atoms with E-state index in [4.69, 9.17) is 16.3 Å². The molecule has 8 nitrogen and oxygen atoms in total. The van der Waals surface area contributed by atoms with Gasteiger partial charge in [-0.3, -0.25) is 9.36 Å². The molecule has 0 radical (unpaired) electrons. The summed E-state index contributed by atoms with van der Waals surface area (Å²) >= 11 is 6.51. The Bertz CT molecular complexity index is 1420. The van der Waals surface area contributed by atoms with Crippen LogP contribution in [0.1, 0.15) is 49.9 Å². The number of rotatable bonds is 9. The number of hydrogen-bond acceptors (Lipinski definition) is 6. The number of nitrogens with one attached hydrogen (secondary N) is 1. The minimum absolute atomic E-state index is 0.0924. The van der Waals surface area contributed by atoms with E-state index in [1.807, 2.05) is 44.2 Å². The predicted octanol–water partition coefficient (Wildman–Crippen LogP) is 4.86. The van der Waals surface area contributed by atoms with Gasteiger partial charge in [-0.1, -0.05) is 55.3 Å². The summed E-state index contributed by atoms with van der Waals surface area (Å²) in [5.41, 5.74) is 2.18. The lowest BCUT2D eigenvalue weighted by atomic mass is 9.94. The zero-order valence-electron chi connectivity index (χ0n) is 22.5. The second-order valence-corrected chi connectivity index (χ2v) is 10.9. The number of nitrogens with zero attached hydrogens (tertiary/aromatic N) is 3. The van der Waals surface area contributed by atoms with E-state index >= 15 is 0 Å². The van der Waals surface area contributed by atoms with E-state index in [-0.39, 0.29) is 19.0 Å².